The Morgan fingerprint density at radius 1 is 1.42 bits per heavy atom. The molecule has 19 heavy (non-hydrogen) atoms. The van der Waals surface area contributed by atoms with E-state index in [1.165, 1.54) is 16.8 Å². The van der Waals surface area contributed by atoms with Gasteiger partial charge >= 0.3 is 0 Å². The molecular weight excluding hydrogens is 302 g/mol. The molecule has 100 valence electrons. The van der Waals surface area contributed by atoms with E-state index in [0.29, 0.717) is 5.92 Å². The minimum atomic E-state index is 0.531. The molecule has 0 saturated carbocycles. The van der Waals surface area contributed by atoms with Crippen molar-refractivity contribution in [1.82, 2.24) is 15.1 Å². The fourth-order valence-electron chi connectivity index (χ4n) is 2.86. The second-order valence-corrected chi connectivity index (χ2v) is 5.84. The van der Waals surface area contributed by atoms with Crippen LogP contribution in [0.4, 0.5) is 0 Å². The molecule has 1 aromatic carbocycles. The van der Waals surface area contributed by atoms with E-state index in [9.17, 15) is 0 Å². The van der Waals surface area contributed by atoms with Crippen LogP contribution in [-0.4, -0.2) is 16.3 Å². The quantitative estimate of drug-likeness (QED) is 0.942. The first-order valence-corrected chi connectivity index (χ1v) is 7.57. The van der Waals surface area contributed by atoms with Gasteiger partial charge in [-0.25, -0.2) is 0 Å². The van der Waals surface area contributed by atoms with Crippen molar-refractivity contribution in [2.45, 2.75) is 32.4 Å². The van der Waals surface area contributed by atoms with Crippen LogP contribution < -0.4 is 5.32 Å². The zero-order chi connectivity index (χ0) is 13.2. The number of hydrogen-bond acceptors (Lipinski definition) is 2. The molecule has 0 radical (unpaired) electrons. The molecule has 0 bridgehead atoms. The van der Waals surface area contributed by atoms with Crippen LogP contribution in [-0.2, 0) is 19.5 Å². The van der Waals surface area contributed by atoms with Crippen LogP contribution in [0.15, 0.2) is 34.9 Å². The van der Waals surface area contributed by atoms with Gasteiger partial charge in [0.1, 0.15) is 0 Å². The van der Waals surface area contributed by atoms with Crippen molar-refractivity contribution < 1.29 is 0 Å². The van der Waals surface area contributed by atoms with Gasteiger partial charge in [-0.2, -0.15) is 5.10 Å². The first-order chi connectivity index (χ1) is 9.29. The monoisotopic (exact) mass is 319 g/mol. The number of aromatic nitrogens is 2. The lowest BCUT2D eigenvalue weighted by atomic mass is 9.87. The Morgan fingerprint density at radius 2 is 2.26 bits per heavy atom. The van der Waals surface area contributed by atoms with Crippen LogP contribution in [0.5, 0.6) is 0 Å². The first kappa shape index (κ1) is 12.9. The summed E-state index contributed by atoms with van der Waals surface area (Å²) >= 11 is 3.62. The average Bonchev–Trinajstić information content (AvgIpc) is 2.80. The van der Waals surface area contributed by atoms with Gasteiger partial charge in [-0.05, 0) is 40.4 Å². The molecule has 3 nitrogen and oxygen atoms in total. The number of nitrogens with one attached hydrogen (secondary N) is 1. The van der Waals surface area contributed by atoms with E-state index < -0.39 is 0 Å². The Morgan fingerprint density at radius 3 is 3.11 bits per heavy atom. The molecule has 1 unspecified atom stereocenters. The lowest BCUT2D eigenvalue weighted by molar-refractivity contribution is 0.514. The summed E-state index contributed by atoms with van der Waals surface area (Å²) in [6.07, 6.45) is 2.93. The Kier molecular flexibility index (Phi) is 3.71. The highest BCUT2D eigenvalue weighted by Gasteiger charge is 2.22. The van der Waals surface area contributed by atoms with Crippen molar-refractivity contribution in [1.29, 1.82) is 0 Å². The SMILES string of the molecule is CCn1ncc(Br)c1CC1CNCc2ccccc21. The molecule has 1 atom stereocenters. The second kappa shape index (κ2) is 5.47. The summed E-state index contributed by atoms with van der Waals surface area (Å²) in [6, 6.07) is 8.75. The van der Waals surface area contributed by atoms with Gasteiger partial charge < -0.3 is 5.32 Å². The summed E-state index contributed by atoms with van der Waals surface area (Å²) in [4.78, 5) is 0. The molecule has 0 spiro atoms. The Balaban J connectivity index is 1.90. The molecule has 1 aliphatic rings. The molecule has 1 aliphatic heterocycles. The van der Waals surface area contributed by atoms with E-state index in [0.717, 1.165) is 30.5 Å². The smallest absolute Gasteiger partial charge is 0.0635 e. The highest BCUT2D eigenvalue weighted by atomic mass is 79.9. The molecule has 3 rings (SSSR count). The maximum Gasteiger partial charge on any atom is 0.0635 e. The molecule has 4 heteroatoms. The zero-order valence-corrected chi connectivity index (χ0v) is 12.7. The third-order valence-electron chi connectivity index (χ3n) is 3.84. The van der Waals surface area contributed by atoms with Gasteiger partial charge in [0.05, 0.1) is 16.4 Å². The van der Waals surface area contributed by atoms with Gasteiger partial charge in [0.25, 0.3) is 0 Å². The minimum Gasteiger partial charge on any atom is -0.312 e. The molecule has 0 amide bonds. The lowest BCUT2D eigenvalue weighted by Crippen LogP contribution is -2.29. The van der Waals surface area contributed by atoms with Crippen molar-refractivity contribution >= 4 is 15.9 Å². The zero-order valence-electron chi connectivity index (χ0n) is 11.1. The van der Waals surface area contributed by atoms with Gasteiger partial charge in [0.2, 0.25) is 0 Å². The summed E-state index contributed by atoms with van der Waals surface area (Å²) in [5.41, 5.74) is 4.21. The average molecular weight is 320 g/mol. The molecule has 1 aromatic heterocycles. The van der Waals surface area contributed by atoms with Gasteiger partial charge in [-0.15, -0.1) is 0 Å². The Bertz CT molecular complexity index is 577. The predicted octanol–water partition coefficient (Wildman–Crippen LogP) is 3.10. The Hall–Kier alpha value is -1.13. The maximum atomic E-state index is 4.41. The molecule has 0 saturated heterocycles. The van der Waals surface area contributed by atoms with Crippen molar-refractivity contribution in [3.05, 3.63) is 51.8 Å². The van der Waals surface area contributed by atoms with Crippen molar-refractivity contribution in [3.8, 4) is 0 Å². The first-order valence-electron chi connectivity index (χ1n) is 6.78. The molecule has 2 aromatic rings. The number of benzene rings is 1. The van der Waals surface area contributed by atoms with E-state index in [1.807, 2.05) is 6.20 Å². The fourth-order valence-corrected chi connectivity index (χ4v) is 3.32. The van der Waals surface area contributed by atoms with E-state index >= 15 is 0 Å². The number of halogens is 1. The third kappa shape index (κ3) is 2.47. The number of hydrogen-bond donors (Lipinski definition) is 1. The standard InChI is InChI=1S/C15H18BrN3/c1-2-19-15(14(16)10-18-19)7-12-9-17-8-11-5-3-4-6-13(11)12/h3-6,10,12,17H,2,7-9H2,1H3. The Labute approximate surface area is 122 Å². The summed E-state index contributed by atoms with van der Waals surface area (Å²) in [7, 11) is 0. The van der Waals surface area contributed by atoms with Crippen molar-refractivity contribution in [2.75, 3.05) is 6.54 Å². The number of rotatable bonds is 3. The van der Waals surface area contributed by atoms with Crippen LogP contribution in [0.1, 0.15) is 29.7 Å². The predicted molar refractivity (Wildman–Crippen MR) is 80.2 cm³/mol. The largest absolute Gasteiger partial charge is 0.312 e. The topological polar surface area (TPSA) is 29.9 Å². The van der Waals surface area contributed by atoms with Gasteiger partial charge in [-0.3, -0.25) is 4.68 Å². The van der Waals surface area contributed by atoms with Crippen LogP contribution in [0.3, 0.4) is 0 Å². The van der Waals surface area contributed by atoms with E-state index in [4.69, 9.17) is 0 Å². The van der Waals surface area contributed by atoms with Crippen LogP contribution >= 0.6 is 15.9 Å². The highest BCUT2D eigenvalue weighted by Crippen LogP contribution is 2.29. The number of aryl methyl sites for hydroxylation is 1. The molecule has 0 fully saturated rings. The fraction of sp³-hybridized carbons (Fsp3) is 0.400. The summed E-state index contributed by atoms with van der Waals surface area (Å²) in [5.74, 6) is 0.531. The second-order valence-electron chi connectivity index (χ2n) is 4.99. The minimum absolute atomic E-state index is 0.531. The number of nitrogens with zero attached hydrogens (tertiary/aromatic N) is 2. The molecule has 2 heterocycles. The summed E-state index contributed by atoms with van der Waals surface area (Å²) in [5, 5.41) is 7.92. The van der Waals surface area contributed by atoms with E-state index in [2.05, 4.69) is 62.2 Å². The molecule has 1 N–H and O–H groups in total. The van der Waals surface area contributed by atoms with Crippen molar-refractivity contribution in [3.63, 3.8) is 0 Å². The highest BCUT2D eigenvalue weighted by molar-refractivity contribution is 9.10. The maximum absolute atomic E-state index is 4.41. The van der Waals surface area contributed by atoms with Crippen LogP contribution in [0, 0.1) is 0 Å². The van der Waals surface area contributed by atoms with Crippen LogP contribution in [0.2, 0.25) is 0 Å². The normalized spacial score (nSPS) is 18.3. The molecule has 0 aliphatic carbocycles. The third-order valence-corrected chi connectivity index (χ3v) is 4.50. The van der Waals surface area contributed by atoms with Gasteiger partial charge in [-0.1, -0.05) is 24.3 Å². The van der Waals surface area contributed by atoms with Crippen LogP contribution in [0.25, 0.3) is 0 Å². The van der Waals surface area contributed by atoms with E-state index in [1.54, 1.807) is 0 Å². The molecular formula is C15H18BrN3. The summed E-state index contributed by atoms with van der Waals surface area (Å²) in [6.45, 7) is 5.08. The lowest BCUT2D eigenvalue weighted by Gasteiger charge is -2.26. The van der Waals surface area contributed by atoms with Gasteiger partial charge in [0.15, 0.2) is 0 Å². The van der Waals surface area contributed by atoms with E-state index in [-0.39, 0.29) is 0 Å². The van der Waals surface area contributed by atoms with Crippen molar-refractivity contribution in [2.24, 2.45) is 0 Å². The van der Waals surface area contributed by atoms with Gasteiger partial charge in [0, 0.05) is 25.6 Å². The number of fused-ring (bicyclic) bond motifs is 1. The summed E-state index contributed by atoms with van der Waals surface area (Å²) < 4.78 is 3.21.